The summed E-state index contributed by atoms with van der Waals surface area (Å²) in [5.41, 5.74) is 1.45. The predicted molar refractivity (Wildman–Crippen MR) is 83.0 cm³/mol. The highest BCUT2D eigenvalue weighted by Gasteiger charge is 2.22. The molecule has 0 radical (unpaired) electrons. The lowest BCUT2D eigenvalue weighted by Gasteiger charge is -2.08. The van der Waals surface area contributed by atoms with E-state index in [4.69, 9.17) is 4.74 Å². The summed E-state index contributed by atoms with van der Waals surface area (Å²) in [5.74, 6) is 1.39. The van der Waals surface area contributed by atoms with Crippen molar-refractivity contribution in [3.8, 4) is 0 Å². The van der Waals surface area contributed by atoms with Gasteiger partial charge in [0.2, 0.25) is 0 Å². The van der Waals surface area contributed by atoms with Crippen molar-refractivity contribution in [2.75, 3.05) is 20.3 Å². The maximum absolute atomic E-state index is 12.2. The maximum atomic E-state index is 12.2. The van der Waals surface area contributed by atoms with Crippen molar-refractivity contribution >= 4 is 11.6 Å². The minimum Gasteiger partial charge on any atom is -0.385 e. The first kappa shape index (κ1) is 15.0. The van der Waals surface area contributed by atoms with Gasteiger partial charge in [0.1, 0.15) is 5.82 Å². The number of aromatic nitrogens is 3. The van der Waals surface area contributed by atoms with Gasteiger partial charge in [0.25, 0.3) is 5.91 Å². The highest BCUT2D eigenvalue weighted by molar-refractivity contribution is 5.94. The Morgan fingerprint density at radius 3 is 2.95 bits per heavy atom. The first-order valence-corrected chi connectivity index (χ1v) is 7.91. The number of ether oxygens (including phenoxy) is 1. The van der Waals surface area contributed by atoms with E-state index in [0.717, 1.165) is 30.7 Å². The van der Waals surface area contributed by atoms with Crippen LogP contribution in [0.3, 0.4) is 0 Å². The summed E-state index contributed by atoms with van der Waals surface area (Å²) in [5, 5.41) is 11.5. The number of rotatable bonds is 6. The van der Waals surface area contributed by atoms with Gasteiger partial charge in [-0.3, -0.25) is 9.20 Å². The van der Waals surface area contributed by atoms with Gasteiger partial charge in [-0.05, 0) is 31.4 Å². The summed E-state index contributed by atoms with van der Waals surface area (Å²) in [7, 11) is 1.66. The van der Waals surface area contributed by atoms with Crippen LogP contribution >= 0.6 is 0 Å². The SMILES string of the molecule is COCCCNC(=O)c1ccc2nnc(C3CCCC3)n2c1. The van der Waals surface area contributed by atoms with Crippen LogP contribution in [-0.4, -0.2) is 40.8 Å². The molecule has 1 saturated carbocycles. The van der Waals surface area contributed by atoms with Gasteiger partial charge in [0.05, 0.1) is 5.56 Å². The molecule has 3 rings (SSSR count). The van der Waals surface area contributed by atoms with Gasteiger partial charge in [-0.25, -0.2) is 0 Å². The molecule has 1 N–H and O–H groups in total. The first-order valence-electron chi connectivity index (χ1n) is 7.91. The molecule has 0 atom stereocenters. The molecule has 6 nitrogen and oxygen atoms in total. The fourth-order valence-electron chi connectivity index (χ4n) is 3.03. The van der Waals surface area contributed by atoms with E-state index in [1.165, 1.54) is 12.8 Å². The van der Waals surface area contributed by atoms with Gasteiger partial charge in [-0.1, -0.05) is 12.8 Å². The highest BCUT2D eigenvalue weighted by atomic mass is 16.5. The fourth-order valence-corrected chi connectivity index (χ4v) is 3.03. The molecule has 2 heterocycles. The van der Waals surface area contributed by atoms with Gasteiger partial charge in [0.15, 0.2) is 5.65 Å². The van der Waals surface area contributed by atoms with Crippen molar-refractivity contribution in [2.45, 2.75) is 38.0 Å². The van der Waals surface area contributed by atoms with Crippen LogP contribution in [-0.2, 0) is 4.74 Å². The van der Waals surface area contributed by atoms with Gasteiger partial charge in [0, 0.05) is 32.4 Å². The summed E-state index contributed by atoms with van der Waals surface area (Å²) in [6.07, 6.45) is 7.49. The molecule has 0 spiro atoms. The van der Waals surface area contributed by atoms with Crippen LogP contribution < -0.4 is 5.32 Å². The molecule has 0 aromatic carbocycles. The quantitative estimate of drug-likeness (QED) is 0.830. The van der Waals surface area contributed by atoms with Crippen LogP contribution in [0.5, 0.6) is 0 Å². The highest BCUT2D eigenvalue weighted by Crippen LogP contribution is 2.33. The number of hydrogen-bond donors (Lipinski definition) is 1. The average molecular weight is 302 g/mol. The second kappa shape index (κ2) is 6.87. The van der Waals surface area contributed by atoms with E-state index >= 15 is 0 Å². The van der Waals surface area contributed by atoms with Crippen molar-refractivity contribution in [3.05, 3.63) is 29.7 Å². The predicted octanol–water partition coefficient (Wildman–Crippen LogP) is 2.15. The Hall–Kier alpha value is -1.95. The molecule has 0 saturated heterocycles. The van der Waals surface area contributed by atoms with Crippen molar-refractivity contribution in [2.24, 2.45) is 0 Å². The molecular weight excluding hydrogens is 280 g/mol. The normalized spacial score (nSPS) is 15.5. The lowest BCUT2D eigenvalue weighted by atomic mass is 10.1. The summed E-state index contributed by atoms with van der Waals surface area (Å²) >= 11 is 0. The molecule has 1 aliphatic rings. The van der Waals surface area contributed by atoms with E-state index in [1.54, 1.807) is 13.2 Å². The lowest BCUT2D eigenvalue weighted by Crippen LogP contribution is -2.25. The van der Waals surface area contributed by atoms with Gasteiger partial charge in [-0.2, -0.15) is 0 Å². The second-order valence-electron chi connectivity index (χ2n) is 5.79. The smallest absolute Gasteiger partial charge is 0.252 e. The molecule has 1 fully saturated rings. The molecule has 0 unspecified atom stereocenters. The summed E-state index contributed by atoms with van der Waals surface area (Å²) in [6.45, 7) is 1.26. The van der Waals surface area contributed by atoms with E-state index in [2.05, 4.69) is 15.5 Å². The molecule has 1 aliphatic carbocycles. The van der Waals surface area contributed by atoms with Crippen LogP contribution in [0.4, 0.5) is 0 Å². The van der Waals surface area contributed by atoms with E-state index in [0.29, 0.717) is 24.6 Å². The molecule has 1 amide bonds. The summed E-state index contributed by atoms with van der Waals surface area (Å²) in [6, 6.07) is 3.66. The molecule has 118 valence electrons. The molecule has 0 aliphatic heterocycles. The Labute approximate surface area is 129 Å². The Morgan fingerprint density at radius 1 is 1.36 bits per heavy atom. The minimum absolute atomic E-state index is 0.0657. The van der Waals surface area contributed by atoms with E-state index < -0.39 is 0 Å². The third-order valence-corrected chi connectivity index (χ3v) is 4.22. The third-order valence-electron chi connectivity index (χ3n) is 4.22. The van der Waals surface area contributed by atoms with Crippen LogP contribution in [0.15, 0.2) is 18.3 Å². The van der Waals surface area contributed by atoms with Crippen LogP contribution in [0.1, 0.15) is 54.2 Å². The monoisotopic (exact) mass is 302 g/mol. The zero-order valence-corrected chi connectivity index (χ0v) is 12.9. The number of methoxy groups -OCH3 is 1. The zero-order chi connectivity index (χ0) is 15.4. The Bertz CT molecular complexity index is 647. The van der Waals surface area contributed by atoms with Crippen molar-refractivity contribution in [1.29, 1.82) is 0 Å². The molecular formula is C16H22N4O2. The van der Waals surface area contributed by atoms with Crippen LogP contribution in [0.25, 0.3) is 5.65 Å². The Kier molecular flexibility index (Phi) is 4.68. The number of carbonyl (C=O) groups is 1. The largest absolute Gasteiger partial charge is 0.385 e. The van der Waals surface area contributed by atoms with Crippen molar-refractivity contribution < 1.29 is 9.53 Å². The van der Waals surface area contributed by atoms with E-state index in [1.807, 2.05) is 16.7 Å². The number of hydrogen-bond acceptors (Lipinski definition) is 4. The van der Waals surface area contributed by atoms with Gasteiger partial charge < -0.3 is 10.1 Å². The number of nitrogens with zero attached hydrogens (tertiary/aromatic N) is 3. The van der Waals surface area contributed by atoms with Gasteiger partial charge in [-0.15, -0.1) is 10.2 Å². The van der Waals surface area contributed by atoms with Crippen LogP contribution in [0.2, 0.25) is 0 Å². The van der Waals surface area contributed by atoms with Crippen LogP contribution in [0, 0.1) is 0 Å². The van der Waals surface area contributed by atoms with Gasteiger partial charge >= 0.3 is 0 Å². The maximum Gasteiger partial charge on any atom is 0.252 e. The number of carbonyl (C=O) groups excluding carboxylic acids is 1. The van der Waals surface area contributed by atoms with Crippen molar-refractivity contribution in [1.82, 2.24) is 19.9 Å². The van der Waals surface area contributed by atoms with E-state index in [-0.39, 0.29) is 5.91 Å². The Balaban J connectivity index is 1.76. The second-order valence-corrected chi connectivity index (χ2v) is 5.79. The fraction of sp³-hybridized carbons (Fsp3) is 0.562. The van der Waals surface area contributed by atoms with Crippen molar-refractivity contribution in [3.63, 3.8) is 0 Å². The summed E-state index contributed by atoms with van der Waals surface area (Å²) < 4.78 is 6.95. The topological polar surface area (TPSA) is 68.5 Å². The molecule has 0 bridgehead atoms. The Morgan fingerprint density at radius 2 is 2.18 bits per heavy atom. The molecule has 2 aromatic heterocycles. The standard InChI is InChI=1S/C16H22N4O2/c1-22-10-4-9-17-16(21)13-7-8-14-18-19-15(20(14)11-13)12-5-2-3-6-12/h7-8,11-12H,2-6,9-10H2,1H3,(H,17,21). The number of nitrogens with one attached hydrogen (secondary N) is 1. The molecule has 2 aromatic rings. The average Bonchev–Trinajstić information content (AvgIpc) is 3.19. The molecule has 6 heteroatoms. The number of fused-ring (bicyclic) bond motifs is 1. The first-order chi connectivity index (χ1) is 10.8. The lowest BCUT2D eigenvalue weighted by molar-refractivity contribution is 0.0948. The minimum atomic E-state index is -0.0657. The molecule has 22 heavy (non-hydrogen) atoms. The summed E-state index contributed by atoms with van der Waals surface area (Å²) in [4.78, 5) is 12.2. The zero-order valence-electron chi connectivity index (χ0n) is 12.9. The third kappa shape index (κ3) is 3.11. The number of amides is 1. The van der Waals surface area contributed by atoms with E-state index in [9.17, 15) is 4.79 Å². The number of pyridine rings is 1.